The fourth-order valence-electron chi connectivity index (χ4n) is 3.23. The number of para-hydroxylation sites is 1. The van der Waals surface area contributed by atoms with Gasteiger partial charge in [0.2, 0.25) is 0 Å². The van der Waals surface area contributed by atoms with E-state index in [0.717, 1.165) is 4.31 Å². The normalized spacial score (nSPS) is 11.1. The number of sulfonamides is 1. The highest BCUT2D eigenvalue weighted by atomic mass is 35.5. The fourth-order valence-corrected chi connectivity index (χ4v) is 4.72. The zero-order chi connectivity index (χ0) is 25.0. The molecule has 6 nitrogen and oxygen atoms in total. The first kappa shape index (κ1) is 24.6. The summed E-state index contributed by atoms with van der Waals surface area (Å²) in [6, 6.07) is 26.2. The van der Waals surface area contributed by atoms with Gasteiger partial charge in [0.1, 0.15) is 5.75 Å². The molecule has 0 saturated heterocycles. The second-order valence-corrected chi connectivity index (χ2v) is 10.3. The first-order valence-electron chi connectivity index (χ1n) is 10.4. The van der Waals surface area contributed by atoms with Gasteiger partial charge in [0, 0.05) is 22.7 Å². The molecule has 0 radical (unpaired) electrons. The maximum absolute atomic E-state index is 12.9. The number of halogens is 2. The summed E-state index contributed by atoms with van der Waals surface area (Å²) in [5, 5.41) is 3.68. The molecule has 4 aromatic rings. The molecule has 35 heavy (non-hydrogen) atoms. The molecule has 0 unspecified atom stereocenters. The number of nitrogens with zero attached hydrogens (tertiary/aromatic N) is 1. The molecule has 0 heterocycles. The van der Waals surface area contributed by atoms with Crippen LogP contribution in [-0.4, -0.2) is 21.4 Å². The summed E-state index contributed by atoms with van der Waals surface area (Å²) >= 11 is 12.0. The van der Waals surface area contributed by atoms with Gasteiger partial charge in [-0.1, -0.05) is 41.4 Å². The Bertz CT molecular complexity index is 1440. The third-order valence-electron chi connectivity index (χ3n) is 5.13. The molecule has 0 aliphatic heterocycles. The summed E-state index contributed by atoms with van der Waals surface area (Å²) in [5.41, 5.74) is 1.13. The highest BCUT2D eigenvalue weighted by molar-refractivity contribution is 7.92. The van der Waals surface area contributed by atoms with Crippen LogP contribution in [0.15, 0.2) is 102 Å². The Morgan fingerprint density at radius 1 is 0.829 bits per heavy atom. The Hall–Kier alpha value is -3.52. The molecule has 4 aromatic carbocycles. The molecular weight excluding hydrogens is 507 g/mol. The van der Waals surface area contributed by atoms with Crippen molar-refractivity contribution in [2.24, 2.45) is 0 Å². The molecule has 0 bridgehead atoms. The quantitative estimate of drug-likeness (QED) is 0.285. The highest BCUT2D eigenvalue weighted by Gasteiger charge is 2.21. The van der Waals surface area contributed by atoms with Crippen LogP contribution in [0.4, 0.5) is 11.4 Å². The zero-order valence-corrected chi connectivity index (χ0v) is 20.8. The van der Waals surface area contributed by atoms with Crippen LogP contribution in [0.1, 0.15) is 10.4 Å². The fraction of sp³-hybridized carbons (Fsp3) is 0.0385. The summed E-state index contributed by atoms with van der Waals surface area (Å²) < 4.78 is 32.8. The van der Waals surface area contributed by atoms with Crippen molar-refractivity contribution in [3.63, 3.8) is 0 Å². The van der Waals surface area contributed by atoms with Gasteiger partial charge in [0.25, 0.3) is 15.9 Å². The average molecular weight is 527 g/mol. The molecule has 1 N–H and O–H groups in total. The van der Waals surface area contributed by atoms with Crippen molar-refractivity contribution in [2.45, 2.75) is 4.90 Å². The van der Waals surface area contributed by atoms with Crippen LogP contribution >= 0.6 is 23.2 Å². The molecule has 0 aliphatic carbocycles. The van der Waals surface area contributed by atoms with Crippen molar-refractivity contribution < 1.29 is 17.9 Å². The number of benzene rings is 4. The number of hydrogen-bond donors (Lipinski definition) is 1. The van der Waals surface area contributed by atoms with Crippen LogP contribution in [-0.2, 0) is 10.0 Å². The molecule has 9 heteroatoms. The minimum absolute atomic E-state index is 0.109. The van der Waals surface area contributed by atoms with E-state index in [1.54, 1.807) is 54.6 Å². The minimum atomic E-state index is -3.79. The summed E-state index contributed by atoms with van der Waals surface area (Å²) in [6.45, 7) is 0. The summed E-state index contributed by atoms with van der Waals surface area (Å²) in [6.07, 6.45) is 0. The smallest absolute Gasteiger partial charge is 0.264 e. The van der Waals surface area contributed by atoms with Crippen molar-refractivity contribution in [3.8, 4) is 11.5 Å². The van der Waals surface area contributed by atoms with E-state index in [9.17, 15) is 13.2 Å². The number of nitrogens with one attached hydrogen (secondary N) is 1. The first-order chi connectivity index (χ1) is 16.7. The number of anilines is 2. The van der Waals surface area contributed by atoms with E-state index in [1.165, 1.54) is 31.3 Å². The number of carbonyl (C=O) groups is 1. The molecule has 4 rings (SSSR count). The van der Waals surface area contributed by atoms with Crippen molar-refractivity contribution in [2.75, 3.05) is 16.7 Å². The SMILES string of the molecule is CN(c1ccc(C(=O)Nc2cc(Cl)ccc2Oc2ccccc2)cc1)S(=O)(=O)c1ccc(Cl)cc1. The van der Waals surface area contributed by atoms with Crippen LogP contribution < -0.4 is 14.4 Å². The standard InChI is InChI=1S/C26H20Cl2N2O4S/c1-30(35(32,33)23-14-9-19(27)10-15-23)21-12-7-18(8-13-21)26(31)29-24-17-20(28)11-16-25(24)34-22-5-3-2-4-6-22/h2-17H,1H3,(H,29,31). The van der Waals surface area contributed by atoms with E-state index >= 15 is 0 Å². The van der Waals surface area contributed by atoms with Gasteiger partial charge < -0.3 is 10.1 Å². The van der Waals surface area contributed by atoms with Crippen LogP contribution in [0.25, 0.3) is 0 Å². The molecule has 178 valence electrons. The van der Waals surface area contributed by atoms with Crippen LogP contribution in [0, 0.1) is 0 Å². The second-order valence-electron chi connectivity index (χ2n) is 7.48. The molecule has 0 aliphatic rings. The number of carbonyl (C=O) groups excluding carboxylic acids is 1. The monoisotopic (exact) mass is 526 g/mol. The van der Waals surface area contributed by atoms with Crippen LogP contribution in [0.3, 0.4) is 0 Å². The van der Waals surface area contributed by atoms with Gasteiger partial charge in [-0.05, 0) is 78.9 Å². The van der Waals surface area contributed by atoms with Crippen molar-refractivity contribution >= 4 is 50.5 Å². The van der Waals surface area contributed by atoms with Crippen molar-refractivity contribution in [3.05, 3.63) is 113 Å². The van der Waals surface area contributed by atoms with Gasteiger partial charge in [-0.2, -0.15) is 0 Å². The van der Waals surface area contributed by atoms with Crippen LogP contribution in [0.2, 0.25) is 10.0 Å². The van der Waals surface area contributed by atoms with E-state index in [4.69, 9.17) is 27.9 Å². The zero-order valence-electron chi connectivity index (χ0n) is 18.5. The average Bonchev–Trinajstić information content (AvgIpc) is 2.86. The lowest BCUT2D eigenvalue weighted by molar-refractivity contribution is 0.102. The third-order valence-corrected chi connectivity index (χ3v) is 7.41. The maximum atomic E-state index is 12.9. The molecule has 0 spiro atoms. The second kappa shape index (κ2) is 10.4. The molecule has 0 saturated carbocycles. The molecule has 0 atom stereocenters. The predicted molar refractivity (Wildman–Crippen MR) is 139 cm³/mol. The maximum Gasteiger partial charge on any atom is 0.264 e. The van der Waals surface area contributed by atoms with Gasteiger partial charge in [-0.15, -0.1) is 0 Å². The molecule has 0 fully saturated rings. The van der Waals surface area contributed by atoms with Gasteiger partial charge in [-0.25, -0.2) is 8.42 Å². The lowest BCUT2D eigenvalue weighted by Crippen LogP contribution is -2.26. The van der Waals surface area contributed by atoms with Crippen molar-refractivity contribution in [1.29, 1.82) is 0 Å². The summed E-state index contributed by atoms with van der Waals surface area (Å²) in [7, 11) is -2.34. The van der Waals surface area contributed by atoms with Gasteiger partial charge in [0.15, 0.2) is 5.75 Å². The first-order valence-corrected chi connectivity index (χ1v) is 12.6. The van der Waals surface area contributed by atoms with Gasteiger partial charge in [0.05, 0.1) is 16.3 Å². The lowest BCUT2D eigenvalue weighted by atomic mass is 10.2. The van der Waals surface area contributed by atoms with E-state index in [2.05, 4.69) is 5.32 Å². The largest absolute Gasteiger partial charge is 0.455 e. The number of ether oxygens (including phenoxy) is 1. The van der Waals surface area contributed by atoms with Crippen LogP contribution in [0.5, 0.6) is 11.5 Å². The molecular formula is C26H20Cl2N2O4S. The molecule has 1 amide bonds. The number of hydrogen-bond acceptors (Lipinski definition) is 4. The summed E-state index contributed by atoms with van der Waals surface area (Å²) in [5.74, 6) is 0.638. The van der Waals surface area contributed by atoms with E-state index in [-0.39, 0.29) is 4.90 Å². The Labute approximate surface area is 213 Å². The Balaban J connectivity index is 1.52. The number of amides is 1. The third kappa shape index (κ3) is 5.77. The number of rotatable bonds is 7. The summed E-state index contributed by atoms with van der Waals surface area (Å²) in [4.78, 5) is 13.0. The molecule has 0 aromatic heterocycles. The van der Waals surface area contributed by atoms with E-state index in [1.807, 2.05) is 18.2 Å². The van der Waals surface area contributed by atoms with Gasteiger partial charge >= 0.3 is 0 Å². The lowest BCUT2D eigenvalue weighted by Gasteiger charge is -2.20. The van der Waals surface area contributed by atoms with E-state index < -0.39 is 15.9 Å². The topological polar surface area (TPSA) is 75.7 Å². The van der Waals surface area contributed by atoms with Gasteiger partial charge in [-0.3, -0.25) is 9.10 Å². The van der Waals surface area contributed by atoms with E-state index in [0.29, 0.717) is 38.5 Å². The Kier molecular flexibility index (Phi) is 7.31. The highest BCUT2D eigenvalue weighted by Crippen LogP contribution is 2.32. The van der Waals surface area contributed by atoms with Crippen molar-refractivity contribution in [1.82, 2.24) is 0 Å². The predicted octanol–water partition coefficient (Wildman–Crippen LogP) is 6.86. The Morgan fingerprint density at radius 3 is 2.11 bits per heavy atom. The minimum Gasteiger partial charge on any atom is -0.455 e. The Morgan fingerprint density at radius 2 is 1.46 bits per heavy atom.